The normalized spacial score (nSPS) is 15.5. The molecule has 0 radical (unpaired) electrons. The van der Waals surface area contributed by atoms with Gasteiger partial charge in [-0.25, -0.2) is 9.79 Å². The highest BCUT2D eigenvalue weighted by Gasteiger charge is 2.32. The molecular weight excluding hydrogens is 556 g/mol. The number of carboxylic acid groups (broad SMARTS) is 1. The highest BCUT2D eigenvalue weighted by Crippen LogP contribution is 2.40. The van der Waals surface area contributed by atoms with E-state index >= 15 is 0 Å². The smallest absolute Gasteiger partial charge is 0.335 e. The number of carboxylic acids is 1. The van der Waals surface area contributed by atoms with Crippen LogP contribution in [-0.4, -0.2) is 40.7 Å². The van der Waals surface area contributed by atoms with Crippen LogP contribution in [0.1, 0.15) is 34.0 Å². The Morgan fingerprint density at radius 3 is 2.46 bits per heavy atom. The van der Waals surface area contributed by atoms with Crippen molar-refractivity contribution in [3.63, 3.8) is 0 Å². The number of ether oxygens (including phenoxy) is 2. The highest BCUT2D eigenvalue weighted by atomic mass is 79.9. The van der Waals surface area contributed by atoms with Crippen LogP contribution in [0.5, 0.6) is 11.5 Å². The van der Waals surface area contributed by atoms with Crippen molar-refractivity contribution in [3.8, 4) is 11.5 Å². The van der Waals surface area contributed by atoms with Gasteiger partial charge in [0.1, 0.15) is 6.61 Å². The molecule has 3 aromatic carbocycles. The number of nitrogens with zero attached hydrogens (tertiary/aromatic N) is 2. The van der Waals surface area contributed by atoms with Crippen LogP contribution in [0.3, 0.4) is 0 Å². The zero-order chi connectivity index (χ0) is 26.5. The molecule has 4 rings (SSSR count). The Balaban J connectivity index is 1.57. The minimum absolute atomic E-state index is 0.150. The number of amides is 1. The van der Waals surface area contributed by atoms with Gasteiger partial charge in [0.05, 0.1) is 27.7 Å². The summed E-state index contributed by atoms with van der Waals surface area (Å²) in [4.78, 5) is 30.9. The number of halogens is 1. The summed E-state index contributed by atoms with van der Waals surface area (Å²) in [6, 6.07) is 18.0. The lowest BCUT2D eigenvalue weighted by atomic mass is 10.1. The zero-order valence-corrected chi connectivity index (χ0v) is 22.9. The van der Waals surface area contributed by atoms with Gasteiger partial charge in [-0.1, -0.05) is 29.8 Å². The summed E-state index contributed by atoms with van der Waals surface area (Å²) in [6.45, 7) is 4.76. The summed E-state index contributed by atoms with van der Waals surface area (Å²) in [5.74, 6) is -0.0252. The lowest BCUT2D eigenvalue weighted by Gasteiger charge is -2.14. The van der Waals surface area contributed by atoms with Crippen LogP contribution in [0.4, 0.5) is 5.69 Å². The van der Waals surface area contributed by atoms with E-state index in [1.165, 1.54) is 29.5 Å². The first-order valence-electron chi connectivity index (χ1n) is 11.5. The number of hydrogen-bond acceptors (Lipinski definition) is 6. The van der Waals surface area contributed by atoms with Crippen LogP contribution in [0.25, 0.3) is 6.08 Å². The molecule has 1 aliphatic heterocycles. The van der Waals surface area contributed by atoms with Crippen molar-refractivity contribution in [1.29, 1.82) is 0 Å². The number of amidine groups is 1. The Bertz CT molecular complexity index is 1380. The molecule has 0 unspecified atom stereocenters. The molecule has 1 fully saturated rings. The Morgan fingerprint density at radius 2 is 1.84 bits per heavy atom. The molecule has 190 valence electrons. The molecule has 0 spiro atoms. The summed E-state index contributed by atoms with van der Waals surface area (Å²) < 4.78 is 12.3. The molecule has 37 heavy (non-hydrogen) atoms. The molecule has 1 heterocycles. The molecule has 1 saturated heterocycles. The van der Waals surface area contributed by atoms with Crippen molar-refractivity contribution < 1.29 is 24.2 Å². The quantitative estimate of drug-likeness (QED) is 0.299. The molecular formula is C28H25BrN2O5S. The number of aliphatic imine (C=N–C) groups is 1. The van der Waals surface area contributed by atoms with Crippen molar-refractivity contribution in [2.24, 2.45) is 4.99 Å². The van der Waals surface area contributed by atoms with Crippen LogP contribution < -0.4 is 9.47 Å². The summed E-state index contributed by atoms with van der Waals surface area (Å²) in [5.41, 5.74) is 3.75. The number of rotatable bonds is 8. The van der Waals surface area contributed by atoms with Crippen LogP contribution in [0.15, 0.2) is 75.0 Å². The van der Waals surface area contributed by atoms with E-state index in [1.54, 1.807) is 30.2 Å². The lowest BCUT2D eigenvalue weighted by Crippen LogP contribution is -2.28. The lowest BCUT2D eigenvalue weighted by molar-refractivity contribution is -0.122. The van der Waals surface area contributed by atoms with E-state index in [0.29, 0.717) is 44.9 Å². The second-order valence-electron chi connectivity index (χ2n) is 8.21. The topological polar surface area (TPSA) is 88.4 Å². The van der Waals surface area contributed by atoms with E-state index in [2.05, 4.69) is 20.9 Å². The summed E-state index contributed by atoms with van der Waals surface area (Å²) in [7, 11) is 1.58. The summed E-state index contributed by atoms with van der Waals surface area (Å²) in [6.07, 6.45) is 1.79. The number of benzene rings is 3. The predicted octanol–water partition coefficient (Wildman–Crippen LogP) is 6.67. The van der Waals surface area contributed by atoms with Gasteiger partial charge in [-0.05, 0) is 95.1 Å². The number of carbonyl (C=O) groups excluding carboxylic acids is 1. The minimum atomic E-state index is -1.00. The first-order valence-corrected chi connectivity index (χ1v) is 13.1. The molecule has 0 aromatic heterocycles. The van der Waals surface area contributed by atoms with Gasteiger partial charge in [-0.15, -0.1) is 0 Å². The molecule has 0 saturated carbocycles. The predicted molar refractivity (Wildman–Crippen MR) is 150 cm³/mol. The number of thioether (sulfide) groups is 1. The molecule has 3 aromatic rings. The van der Waals surface area contributed by atoms with Crippen LogP contribution in [0.2, 0.25) is 0 Å². The van der Waals surface area contributed by atoms with Gasteiger partial charge < -0.3 is 14.6 Å². The van der Waals surface area contributed by atoms with E-state index in [4.69, 9.17) is 14.6 Å². The Hall–Kier alpha value is -3.56. The van der Waals surface area contributed by atoms with E-state index in [0.717, 1.165) is 11.1 Å². The molecule has 1 amide bonds. The summed E-state index contributed by atoms with van der Waals surface area (Å²) >= 11 is 4.85. The fourth-order valence-electron chi connectivity index (χ4n) is 3.61. The molecule has 0 bridgehead atoms. The zero-order valence-electron chi connectivity index (χ0n) is 20.5. The van der Waals surface area contributed by atoms with Gasteiger partial charge in [0.25, 0.3) is 5.91 Å². The largest absolute Gasteiger partial charge is 0.493 e. The number of hydrogen-bond donors (Lipinski definition) is 1. The monoisotopic (exact) mass is 580 g/mol. The fourth-order valence-corrected chi connectivity index (χ4v) is 5.25. The van der Waals surface area contributed by atoms with Gasteiger partial charge in [0.15, 0.2) is 16.7 Å². The number of aromatic carboxylic acids is 1. The molecule has 1 aliphatic rings. The first-order chi connectivity index (χ1) is 17.8. The van der Waals surface area contributed by atoms with Crippen molar-refractivity contribution >= 4 is 56.5 Å². The second kappa shape index (κ2) is 11.7. The average Bonchev–Trinajstić information content (AvgIpc) is 3.17. The SMILES string of the molecule is CCN1C(=O)C(=Cc2cc(Br)c(OCc3ccc(C)cc3)c(OC)c2)SC1=Nc1ccc(C(=O)O)cc1. The Morgan fingerprint density at radius 1 is 1.14 bits per heavy atom. The third-order valence-corrected chi connectivity index (χ3v) is 7.19. The van der Waals surface area contributed by atoms with E-state index in [-0.39, 0.29) is 11.5 Å². The van der Waals surface area contributed by atoms with E-state index in [1.807, 2.05) is 50.2 Å². The van der Waals surface area contributed by atoms with Gasteiger partial charge in [-0.3, -0.25) is 9.69 Å². The third-order valence-electron chi connectivity index (χ3n) is 5.60. The van der Waals surface area contributed by atoms with Gasteiger partial charge in [-0.2, -0.15) is 0 Å². The maximum Gasteiger partial charge on any atom is 0.335 e. The number of aryl methyl sites for hydroxylation is 1. The van der Waals surface area contributed by atoms with Crippen molar-refractivity contribution in [1.82, 2.24) is 4.90 Å². The fraction of sp³-hybridized carbons (Fsp3) is 0.179. The van der Waals surface area contributed by atoms with Crippen molar-refractivity contribution in [2.75, 3.05) is 13.7 Å². The van der Waals surface area contributed by atoms with Crippen LogP contribution in [-0.2, 0) is 11.4 Å². The minimum Gasteiger partial charge on any atom is -0.493 e. The van der Waals surface area contributed by atoms with Gasteiger partial charge in [0, 0.05) is 6.54 Å². The highest BCUT2D eigenvalue weighted by molar-refractivity contribution is 9.10. The Kier molecular flexibility index (Phi) is 8.35. The second-order valence-corrected chi connectivity index (χ2v) is 10.1. The molecule has 9 heteroatoms. The standard InChI is InChI=1S/C28H25BrN2O5S/c1-4-31-26(32)24(37-28(31)30-21-11-9-20(10-12-21)27(33)34)15-19-13-22(29)25(23(14-19)35-3)36-16-18-7-5-17(2)6-8-18/h5-15H,4,16H2,1-3H3,(H,33,34). The molecule has 0 atom stereocenters. The van der Waals surface area contributed by atoms with Crippen LogP contribution >= 0.6 is 27.7 Å². The first kappa shape index (κ1) is 26.5. The average molecular weight is 581 g/mol. The molecule has 7 nitrogen and oxygen atoms in total. The molecule has 1 N–H and O–H groups in total. The third kappa shape index (κ3) is 6.23. The maximum absolute atomic E-state index is 13.1. The van der Waals surface area contributed by atoms with E-state index in [9.17, 15) is 9.59 Å². The van der Waals surface area contributed by atoms with Gasteiger partial charge in [0.2, 0.25) is 0 Å². The molecule has 0 aliphatic carbocycles. The van der Waals surface area contributed by atoms with Gasteiger partial charge >= 0.3 is 5.97 Å². The number of carbonyl (C=O) groups is 2. The number of methoxy groups -OCH3 is 1. The number of likely N-dealkylation sites (N-methyl/N-ethyl adjacent to an activating group) is 1. The Labute approximate surface area is 227 Å². The summed E-state index contributed by atoms with van der Waals surface area (Å²) in [5, 5.41) is 9.63. The maximum atomic E-state index is 13.1. The van der Waals surface area contributed by atoms with E-state index < -0.39 is 5.97 Å². The van der Waals surface area contributed by atoms with Crippen molar-refractivity contribution in [2.45, 2.75) is 20.5 Å². The van der Waals surface area contributed by atoms with Crippen molar-refractivity contribution in [3.05, 3.63) is 92.3 Å². The van der Waals surface area contributed by atoms with Crippen LogP contribution in [0, 0.1) is 6.92 Å².